The van der Waals surface area contributed by atoms with E-state index in [1.54, 1.807) is 13.0 Å². The fourth-order valence-corrected chi connectivity index (χ4v) is 2.98. The number of nitrogens with one attached hydrogen (secondary N) is 1. The SMILES string of the molecule is CCN(CC)C(C)(CC)C(NN)c1ccc(C)c(F)c1. The number of halogens is 1. The highest BCUT2D eigenvalue weighted by molar-refractivity contribution is 5.28. The highest BCUT2D eigenvalue weighted by atomic mass is 19.1. The second kappa shape index (κ2) is 7.16. The normalized spacial score (nSPS) is 16.2. The van der Waals surface area contributed by atoms with Crippen molar-refractivity contribution >= 4 is 0 Å². The van der Waals surface area contributed by atoms with Gasteiger partial charge in [0, 0.05) is 5.54 Å². The minimum Gasteiger partial charge on any atom is -0.297 e. The molecule has 1 aromatic rings. The molecule has 0 aliphatic heterocycles. The second-order valence-corrected chi connectivity index (χ2v) is 5.49. The number of benzene rings is 1. The number of aryl methyl sites for hydroxylation is 1. The van der Waals surface area contributed by atoms with Gasteiger partial charge >= 0.3 is 0 Å². The second-order valence-electron chi connectivity index (χ2n) is 5.49. The van der Waals surface area contributed by atoms with E-state index in [0.717, 1.165) is 25.1 Å². The van der Waals surface area contributed by atoms with Crippen LogP contribution in [0.25, 0.3) is 0 Å². The number of hydrazine groups is 1. The minimum atomic E-state index is -0.180. The van der Waals surface area contributed by atoms with Gasteiger partial charge in [-0.15, -0.1) is 0 Å². The Balaban J connectivity index is 3.23. The minimum absolute atomic E-state index is 0.109. The molecular weight excluding hydrogens is 253 g/mol. The quantitative estimate of drug-likeness (QED) is 0.596. The maximum atomic E-state index is 13.9. The molecule has 0 spiro atoms. The van der Waals surface area contributed by atoms with Crippen molar-refractivity contribution < 1.29 is 4.39 Å². The van der Waals surface area contributed by atoms with Crippen molar-refractivity contribution in [1.29, 1.82) is 0 Å². The number of nitrogens with zero attached hydrogens (tertiary/aromatic N) is 1. The van der Waals surface area contributed by atoms with Crippen LogP contribution in [0.2, 0.25) is 0 Å². The van der Waals surface area contributed by atoms with Gasteiger partial charge in [-0.3, -0.25) is 16.2 Å². The smallest absolute Gasteiger partial charge is 0.126 e. The Morgan fingerprint density at radius 2 is 1.90 bits per heavy atom. The summed E-state index contributed by atoms with van der Waals surface area (Å²) in [6.07, 6.45) is 0.930. The average molecular weight is 281 g/mol. The molecule has 20 heavy (non-hydrogen) atoms. The van der Waals surface area contributed by atoms with Gasteiger partial charge in [0.25, 0.3) is 0 Å². The number of rotatable bonds is 7. The monoisotopic (exact) mass is 281 g/mol. The molecule has 2 atom stereocenters. The first-order chi connectivity index (χ1) is 9.44. The van der Waals surface area contributed by atoms with E-state index < -0.39 is 0 Å². The first-order valence-corrected chi connectivity index (χ1v) is 7.41. The standard InChI is InChI=1S/C16H28FN3/c1-6-16(5,20(7-2)8-3)15(19-18)13-10-9-12(4)14(17)11-13/h9-11,15,19H,6-8,18H2,1-5H3. The van der Waals surface area contributed by atoms with Crippen LogP contribution in [-0.4, -0.2) is 23.5 Å². The largest absolute Gasteiger partial charge is 0.297 e. The molecule has 0 radical (unpaired) electrons. The number of hydrogen-bond acceptors (Lipinski definition) is 3. The lowest BCUT2D eigenvalue weighted by Gasteiger charge is -2.45. The molecule has 1 aromatic carbocycles. The van der Waals surface area contributed by atoms with Crippen LogP contribution < -0.4 is 11.3 Å². The Labute approximate surface area is 122 Å². The molecule has 0 aliphatic rings. The number of nitrogens with two attached hydrogens (primary N) is 1. The van der Waals surface area contributed by atoms with Gasteiger partial charge in [-0.1, -0.05) is 32.9 Å². The summed E-state index contributed by atoms with van der Waals surface area (Å²) < 4.78 is 13.9. The fourth-order valence-electron chi connectivity index (χ4n) is 2.98. The van der Waals surface area contributed by atoms with E-state index in [1.807, 2.05) is 12.1 Å². The number of likely N-dealkylation sites (N-methyl/N-ethyl adjacent to an activating group) is 1. The third-order valence-corrected chi connectivity index (χ3v) is 4.52. The summed E-state index contributed by atoms with van der Waals surface area (Å²) in [5.74, 6) is 5.62. The Kier molecular flexibility index (Phi) is 6.11. The molecule has 0 bridgehead atoms. The van der Waals surface area contributed by atoms with Crippen LogP contribution in [0.3, 0.4) is 0 Å². The van der Waals surface area contributed by atoms with Crippen LogP contribution in [0, 0.1) is 12.7 Å². The van der Waals surface area contributed by atoms with Crippen molar-refractivity contribution in [2.75, 3.05) is 13.1 Å². The van der Waals surface area contributed by atoms with Gasteiger partial charge in [-0.05, 0) is 50.6 Å². The van der Waals surface area contributed by atoms with Gasteiger partial charge in [-0.25, -0.2) is 4.39 Å². The lowest BCUT2D eigenvalue weighted by atomic mass is 9.83. The summed E-state index contributed by atoms with van der Waals surface area (Å²) >= 11 is 0. The summed E-state index contributed by atoms with van der Waals surface area (Å²) in [6.45, 7) is 12.3. The molecule has 3 nitrogen and oxygen atoms in total. The average Bonchev–Trinajstić information content (AvgIpc) is 2.44. The summed E-state index contributed by atoms with van der Waals surface area (Å²) in [5, 5.41) is 0. The molecule has 3 N–H and O–H groups in total. The van der Waals surface area contributed by atoms with E-state index in [2.05, 4.69) is 38.0 Å². The van der Waals surface area contributed by atoms with Crippen LogP contribution >= 0.6 is 0 Å². The third-order valence-electron chi connectivity index (χ3n) is 4.52. The van der Waals surface area contributed by atoms with Crippen LogP contribution in [0.15, 0.2) is 18.2 Å². The van der Waals surface area contributed by atoms with Gasteiger partial charge in [0.05, 0.1) is 6.04 Å². The lowest BCUT2D eigenvalue weighted by Crippen LogP contribution is -2.55. The topological polar surface area (TPSA) is 41.3 Å². The first-order valence-electron chi connectivity index (χ1n) is 7.41. The van der Waals surface area contributed by atoms with Crippen molar-refractivity contribution in [2.45, 2.75) is 52.6 Å². The fraction of sp³-hybridized carbons (Fsp3) is 0.625. The highest BCUT2D eigenvalue weighted by Crippen LogP contribution is 2.34. The van der Waals surface area contributed by atoms with Crippen molar-refractivity contribution in [3.63, 3.8) is 0 Å². The molecule has 0 fully saturated rings. The Morgan fingerprint density at radius 3 is 2.30 bits per heavy atom. The molecule has 4 heteroatoms. The molecule has 0 aromatic heterocycles. The van der Waals surface area contributed by atoms with E-state index in [1.165, 1.54) is 0 Å². The van der Waals surface area contributed by atoms with Gasteiger partial charge in [0.1, 0.15) is 5.82 Å². The first kappa shape index (κ1) is 17.1. The lowest BCUT2D eigenvalue weighted by molar-refractivity contribution is 0.0697. The Morgan fingerprint density at radius 1 is 1.30 bits per heavy atom. The molecule has 1 rings (SSSR count). The Bertz CT molecular complexity index is 432. The third kappa shape index (κ3) is 3.19. The van der Waals surface area contributed by atoms with E-state index in [0.29, 0.717) is 5.56 Å². The Hall–Kier alpha value is -0.970. The van der Waals surface area contributed by atoms with Gasteiger partial charge in [0.15, 0.2) is 0 Å². The van der Waals surface area contributed by atoms with E-state index in [-0.39, 0.29) is 17.4 Å². The number of hydrogen-bond donors (Lipinski definition) is 2. The van der Waals surface area contributed by atoms with Crippen LogP contribution in [0.1, 0.15) is 51.3 Å². The molecule has 0 aliphatic carbocycles. The van der Waals surface area contributed by atoms with Gasteiger partial charge < -0.3 is 0 Å². The van der Waals surface area contributed by atoms with Crippen molar-refractivity contribution in [3.05, 3.63) is 35.1 Å². The summed E-state index contributed by atoms with van der Waals surface area (Å²) in [7, 11) is 0. The van der Waals surface area contributed by atoms with Crippen LogP contribution in [-0.2, 0) is 0 Å². The van der Waals surface area contributed by atoms with Crippen LogP contribution in [0.4, 0.5) is 4.39 Å². The van der Waals surface area contributed by atoms with Crippen molar-refractivity contribution in [2.24, 2.45) is 5.84 Å². The molecule has 0 amide bonds. The van der Waals surface area contributed by atoms with Crippen LogP contribution in [0.5, 0.6) is 0 Å². The van der Waals surface area contributed by atoms with Gasteiger partial charge in [0.2, 0.25) is 0 Å². The highest BCUT2D eigenvalue weighted by Gasteiger charge is 2.37. The zero-order chi connectivity index (χ0) is 15.3. The van der Waals surface area contributed by atoms with E-state index >= 15 is 0 Å². The van der Waals surface area contributed by atoms with Crippen molar-refractivity contribution in [1.82, 2.24) is 10.3 Å². The summed E-state index contributed by atoms with van der Waals surface area (Å²) in [4.78, 5) is 2.37. The van der Waals surface area contributed by atoms with Gasteiger partial charge in [-0.2, -0.15) is 0 Å². The summed E-state index contributed by atoms with van der Waals surface area (Å²) in [5.41, 5.74) is 4.30. The zero-order valence-corrected chi connectivity index (χ0v) is 13.3. The van der Waals surface area contributed by atoms with Crippen molar-refractivity contribution in [3.8, 4) is 0 Å². The predicted octanol–water partition coefficient (Wildman–Crippen LogP) is 3.15. The van der Waals surface area contributed by atoms with E-state index in [9.17, 15) is 4.39 Å². The molecule has 0 saturated carbocycles. The predicted molar refractivity (Wildman–Crippen MR) is 82.8 cm³/mol. The maximum Gasteiger partial charge on any atom is 0.126 e. The molecule has 0 heterocycles. The molecule has 114 valence electrons. The maximum absolute atomic E-state index is 13.9. The molecule has 0 saturated heterocycles. The molecule has 2 unspecified atom stereocenters. The van der Waals surface area contributed by atoms with E-state index in [4.69, 9.17) is 5.84 Å². The zero-order valence-electron chi connectivity index (χ0n) is 13.3. The molecular formula is C16H28FN3. The summed E-state index contributed by atoms with van der Waals surface area (Å²) in [6, 6.07) is 5.26.